The summed E-state index contributed by atoms with van der Waals surface area (Å²) >= 11 is 0. The fraction of sp³-hybridized carbons (Fsp3) is 0.0435. The number of guanidine groups is 1. The van der Waals surface area contributed by atoms with Gasteiger partial charge in [0.1, 0.15) is 11.9 Å². The van der Waals surface area contributed by atoms with Gasteiger partial charge in [0.25, 0.3) is 5.91 Å². The van der Waals surface area contributed by atoms with Crippen LogP contribution in [0, 0.1) is 5.82 Å². The number of nitrogens with one attached hydrogen (secondary N) is 2. The minimum Gasteiger partial charge on any atom is -0.327 e. The molecule has 1 aliphatic heterocycles. The van der Waals surface area contributed by atoms with Gasteiger partial charge < -0.3 is 5.32 Å². The van der Waals surface area contributed by atoms with E-state index in [2.05, 4.69) is 15.6 Å². The second-order valence-corrected chi connectivity index (χ2v) is 6.36. The fourth-order valence-corrected chi connectivity index (χ4v) is 3.05. The van der Waals surface area contributed by atoms with Crippen molar-refractivity contribution in [1.29, 1.82) is 0 Å². The van der Waals surface area contributed by atoms with Crippen LogP contribution in [0.1, 0.15) is 27.5 Å². The number of amides is 1. The van der Waals surface area contributed by atoms with Crippen LogP contribution in [0.4, 0.5) is 4.39 Å². The molecule has 1 atom stereocenters. The van der Waals surface area contributed by atoms with Crippen molar-refractivity contribution in [2.75, 3.05) is 0 Å². The summed E-state index contributed by atoms with van der Waals surface area (Å²) in [6.07, 6.45) is 1.99. The Bertz CT molecular complexity index is 1050. The molecule has 3 aromatic rings. The van der Waals surface area contributed by atoms with Crippen molar-refractivity contribution in [3.63, 3.8) is 0 Å². The Morgan fingerprint density at radius 2 is 1.57 bits per heavy atom. The molecule has 3 aromatic carbocycles. The fourth-order valence-electron chi connectivity index (χ4n) is 3.05. The quantitative estimate of drug-likeness (QED) is 0.721. The number of nitrogens with zero attached hydrogens (tertiary/aromatic N) is 1. The Morgan fingerprint density at radius 3 is 2.29 bits per heavy atom. The van der Waals surface area contributed by atoms with Crippen LogP contribution in [0.15, 0.2) is 95.6 Å². The summed E-state index contributed by atoms with van der Waals surface area (Å²) in [4.78, 5) is 17.1. The zero-order valence-corrected chi connectivity index (χ0v) is 15.0. The van der Waals surface area contributed by atoms with Gasteiger partial charge in [0.05, 0.1) is 5.56 Å². The van der Waals surface area contributed by atoms with Crippen LogP contribution in [-0.4, -0.2) is 11.9 Å². The number of aliphatic imine (C=N–C) groups is 1. The first-order valence-electron chi connectivity index (χ1n) is 8.93. The molecule has 1 aliphatic rings. The molecule has 4 nitrogen and oxygen atoms in total. The van der Waals surface area contributed by atoms with Crippen LogP contribution in [0.25, 0.3) is 6.08 Å². The van der Waals surface area contributed by atoms with Crippen molar-refractivity contribution in [3.05, 3.63) is 113 Å². The molecule has 1 heterocycles. The minimum absolute atomic E-state index is 0.0243. The van der Waals surface area contributed by atoms with Gasteiger partial charge in [-0.15, -0.1) is 0 Å². The summed E-state index contributed by atoms with van der Waals surface area (Å²) in [5.74, 6) is -0.820. The first kappa shape index (κ1) is 17.7. The number of benzene rings is 3. The standard InChI is InChI=1S/C23H18FN3O/c24-19-14-8-7-13-18(19)22(28)27-23-25-20(15-16-9-3-1-4-10-16)21(26-23)17-11-5-2-6-12-17/h1-15,21H,(H2,25,26,27,28)/b20-15-. The van der Waals surface area contributed by atoms with E-state index in [1.807, 2.05) is 66.7 Å². The van der Waals surface area contributed by atoms with Crippen molar-refractivity contribution < 1.29 is 9.18 Å². The lowest BCUT2D eigenvalue weighted by molar-refractivity contribution is 0.0972. The summed E-state index contributed by atoms with van der Waals surface area (Å²) in [6, 6.07) is 25.2. The first-order chi connectivity index (χ1) is 13.7. The van der Waals surface area contributed by atoms with Crippen molar-refractivity contribution in [3.8, 4) is 0 Å². The van der Waals surface area contributed by atoms with Gasteiger partial charge in [-0.1, -0.05) is 72.8 Å². The smallest absolute Gasteiger partial charge is 0.260 e. The Morgan fingerprint density at radius 1 is 0.929 bits per heavy atom. The van der Waals surface area contributed by atoms with Crippen LogP contribution < -0.4 is 10.6 Å². The highest BCUT2D eigenvalue weighted by atomic mass is 19.1. The zero-order valence-electron chi connectivity index (χ0n) is 15.0. The monoisotopic (exact) mass is 371 g/mol. The van der Waals surface area contributed by atoms with E-state index >= 15 is 0 Å². The van der Waals surface area contributed by atoms with Gasteiger partial charge in [0.15, 0.2) is 0 Å². The molecular formula is C23H18FN3O. The Labute approximate surface area is 162 Å². The van der Waals surface area contributed by atoms with Gasteiger partial charge >= 0.3 is 0 Å². The third-order valence-corrected chi connectivity index (χ3v) is 4.40. The lowest BCUT2D eigenvalue weighted by atomic mass is 10.0. The number of rotatable bonds is 3. The number of halogens is 1. The molecule has 1 amide bonds. The molecular weight excluding hydrogens is 353 g/mol. The first-order valence-corrected chi connectivity index (χ1v) is 8.93. The van der Waals surface area contributed by atoms with Gasteiger partial charge in [-0.25, -0.2) is 9.38 Å². The van der Waals surface area contributed by atoms with Gasteiger partial charge in [-0.05, 0) is 29.3 Å². The van der Waals surface area contributed by atoms with Gasteiger partial charge in [0.2, 0.25) is 5.96 Å². The average molecular weight is 371 g/mol. The van der Waals surface area contributed by atoms with Gasteiger partial charge in [0, 0.05) is 5.70 Å². The topological polar surface area (TPSA) is 53.5 Å². The zero-order chi connectivity index (χ0) is 19.3. The van der Waals surface area contributed by atoms with Crippen LogP contribution in [0.2, 0.25) is 0 Å². The lowest BCUT2D eigenvalue weighted by Crippen LogP contribution is -2.37. The Kier molecular flexibility index (Phi) is 4.97. The molecule has 5 heteroatoms. The average Bonchev–Trinajstić information content (AvgIpc) is 3.11. The molecule has 138 valence electrons. The van der Waals surface area contributed by atoms with Gasteiger partial charge in [-0.3, -0.25) is 10.1 Å². The van der Waals surface area contributed by atoms with E-state index in [4.69, 9.17) is 0 Å². The van der Waals surface area contributed by atoms with Crippen molar-refractivity contribution in [1.82, 2.24) is 10.6 Å². The van der Waals surface area contributed by atoms with Crippen molar-refractivity contribution >= 4 is 17.9 Å². The number of carbonyl (C=O) groups is 1. The molecule has 0 saturated carbocycles. The van der Waals surface area contributed by atoms with Crippen molar-refractivity contribution in [2.24, 2.45) is 4.99 Å². The molecule has 0 spiro atoms. The molecule has 0 aliphatic carbocycles. The summed E-state index contributed by atoms with van der Waals surface area (Å²) in [5.41, 5.74) is 2.82. The van der Waals surface area contributed by atoms with Crippen LogP contribution in [0.3, 0.4) is 0 Å². The third-order valence-electron chi connectivity index (χ3n) is 4.40. The summed E-state index contributed by atoms with van der Waals surface area (Å²) in [6.45, 7) is 0. The molecule has 4 rings (SSSR count). The minimum atomic E-state index is -0.571. The summed E-state index contributed by atoms with van der Waals surface area (Å²) in [7, 11) is 0. The Hall–Kier alpha value is -3.73. The van der Waals surface area contributed by atoms with Crippen LogP contribution >= 0.6 is 0 Å². The molecule has 2 N–H and O–H groups in total. The highest BCUT2D eigenvalue weighted by Gasteiger charge is 2.26. The van der Waals surface area contributed by atoms with E-state index in [0.29, 0.717) is 5.96 Å². The number of hydrogen-bond acceptors (Lipinski definition) is 3. The predicted octanol–water partition coefficient (Wildman–Crippen LogP) is 4.30. The van der Waals surface area contributed by atoms with E-state index in [-0.39, 0.29) is 11.6 Å². The third kappa shape index (κ3) is 3.83. The number of carbonyl (C=O) groups excluding carboxylic acids is 1. The predicted molar refractivity (Wildman–Crippen MR) is 108 cm³/mol. The van der Waals surface area contributed by atoms with Gasteiger partial charge in [-0.2, -0.15) is 0 Å². The molecule has 0 saturated heterocycles. The molecule has 0 fully saturated rings. The van der Waals surface area contributed by atoms with E-state index in [0.717, 1.165) is 16.8 Å². The van der Waals surface area contributed by atoms with E-state index < -0.39 is 11.7 Å². The maximum Gasteiger partial charge on any atom is 0.260 e. The maximum absolute atomic E-state index is 13.9. The second-order valence-electron chi connectivity index (χ2n) is 6.36. The molecule has 0 bridgehead atoms. The second kappa shape index (κ2) is 7.88. The summed E-state index contributed by atoms with van der Waals surface area (Å²) < 4.78 is 13.9. The van der Waals surface area contributed by atoms with E-state index in [9.17, 15) is 9.18 Å². The van der Waals surface area contributed by atoms with Crippen LogP contribution in [0.5, 0.6) is 0 Å². The molecule has 0 aromatic heterocycles. The molecule has 1 unspecified atom stereocenters. The highest BCUT2D eigenvalue weighted by molar-refractivity contribution is 6.07. The Balaban J connectivity index is 1.63. The maximum atomic E-state index is 13.9. The van der Waals surface area contributed by atoms with Crippen LogP contribution in [-0.2, 0) is 0 Å². The van der Waals surface area contributed by atoms with E-state index in [1.54, 1.807) is 12.1 Å². The largest absolute Gasteiger partial charge is 0.327 e. The lowest BCUT2D eigenvalue weighted by Gasteiger charge is -2.10. The SMILES string of the molecule is O=C(NC1=NC(c2ccccc2)/C(=C/c2ccccc2)N1)c1ccccc1F. The highest BCUT2D eigenvalue weighted by Crippen LogP contribution is 2.29. The number of hydrogen-bond donors (Lipinski definition) is 2. The summed E-state index contributed by atoms with van der Waals surface area (Å²) in [5, 5.41) is 5.84. The molecule has 0 radical (unpaired) electrons. The molecule has 28 heavy (non-hydrogen) atoms. The van der Waals surface area contributed by atoms with Crippen molar-refractivity contribution in [2.45, 2.75) is 6.04 Å². The van der Waals surface area contributed by atoms with E-state index in [1.165, 1.54) is 12.1 Å². The normalized spacial score (nSPS) is 17.1.